The molecule has 0 saturated heterocycles. The number of aryl methyl sites for hydroxylation is 1. The Balaban J connectivity index is 1.69. The highest BCUT2D eigenvalue weighted by molar-refractivity contribution is 6.04. The molecular weight excluding hydrogens is 364 g/mol. The topological polar surface area (TPSA) is 59.8 Å². The van der Waals surface area contributed by atoms with Crippen LogP contribution in [0.15, 0.2) is 24.4 Å². The molecule has 2 aromatic heterocycles. The van der Waals surface area contributed by atoms with Gasteiger partial charge in [-0.15, -0.1) is 0 Å². The summed E-state index contributed by atoms with van der Waals surface area (Å²) in [5, 5.41) is 2.78. The monoisotopic (exact) mass is 378 g/mol. The van der Waals surface area contributed by atoms with Crippen LogP contribution in [0.3, 0.4) is 0 Å². The average Bonchev–Trinajstić information content (AvgIpc) is 3.05. The largest absolute Gasteiger partial charge is 0.324 e. The second-order valence-corrected chi connectivity index (χ2v) is 6.28. The van der Waals surface area contributed by atoms with E-state index in [4.69, 9.17) is 0 Å². The molecule has 3 aromatic rings. The van der Waals surface area contributed by atoms with Crippen molar-refractivity contribution in [2.24, 2.45) is 0 Å². The number of carbonyl (C=O) groups is 1. The van der Waals surface area contributed by atoms with E-state index in [2.05, 4.69) is 15.3 Å². The Kier molecular flexibility index (Phi) is 4.29. The van der Waals surface area contributed by atoms with E-state index in [-0.39, 0.29) is 22.3 Å². The van der Waals surface area contributed by atoms with E-state index in [1.807, 2.05) is 0 Å². The normalized spacial score (nSPS) is 13.8. The highest BCUT2D eigenvalue weighted by Crippen LogP contribution is 2.28. The maximum atomic E-state index is 13.7. The van der Waals surface area contributed by atoms with Crippen molar-refractivity contribution in [3.8, 4) is 0 Å². The smallest absolute Gasteiger partial charge is 0.282 e. The first-order valence-electron chi connectivity index (χ1n) is 8.38. The molecule has 1 aliphatic heterocycles. The van der Waals surface area contributed by atoms with Crippen molar-refractivity contribution < 1.29 is 22.4 Å². The number of hydrogen-bond acceptors (Lipinski definition) is 3. The van der Waals surface area contributed by atoms with Gasteiger partial charge < -0.3 is 9.88 Å². The molecule has 1 aromatic carbocycles. The zero-order valence-corrected chi connectivity index (χ0v) is 14.0. The van der Waals surface area contributed by atoms with Gasteiger partial charge in [-0.25, -0.2) is 22.5 Å². The minimum absolute atomic E-state index is 0.176. The van der Waals surface area contributed by atoms with Crippen LogP contribution in [0.1, 0.15) is 41.3 Å². The minimum atomic E-state index is -2.88. The maximum Gasteiger partial charge on any atom is 0.282 e. The Labute approximate surface area is 151 Å². The van der Waals surface area contributed by atoms with E-state index in [9.17, 15) is 22.4 Å². The second-order valence-electron chi connectivity index (χ2n) is 6.28. The Hall–Kier alpha value is -2.97. The number of imidazole rings is 1. The average molecular weight is 378 g/mol. The third-order valence-corrected chi connectivity index (χ3v) is 4.53. The summed E-state index contributed by atoms with van der Waals surface area (Å²) in [6.07, 6.45) is 0.412. The summed E-state index contributed by atoms with van der Waals surface area (Å²) < 4.78 is 55.2. The molecular formula is C18H14F4N4O. The third kappa shape index (κ3) is 3.02. The van der Waals surface area contributed by atoms with E-state index in [1.165, 1.54) is 16.7 Å². The van der Waals surface area contributed by atoms with Crippen molar-refractivity contribution in [3.63, 3.8) is 0 Å². The summed E-state index contributed by atoms with van der Waals surface area (Å²) in [5.41, 5.74) is -0.718. The number of pyridine rings is 1. The number of anilines is 1. The third-order valence-electron chi connectivity index (χ3n) is 4.53. The number of hydrogen-bond donors (Lipinski definition) is 1. The van der Waals surface area contributed by atoms with E-state index in [1.54, 1.807) is 0 Å². The van der Waals surface area contributed by atoms with Crippen LogP contribution in [0.4, 0.5) is 23.2 Å². The van der Waals surface area contributed by atoms with E-state index < -0.39 is 29.7 Å². The zero-order valence-electron chi connectivity index (χ0n) is 14.0. The molecule has 0 unspecified atom stereocenters. The molecule has 0 bridgehead atoms. The zero-order chi connectivity index (χ0) is 19.1. The van der Waals surface area contributed by atoms with Crippen LogP contribution in [-0.4, -0.2) is 20.4 Å². The summed E-state index contributed by atoms with van der Waals surface area (Å²) in [6, 6.07) is 3.67. The lowest BCUT2D eigenvalue weighted by Crippen LogP contribution is -2.21. The molecule has 0 radical (unpaired) electrons. The van der Waals surface area contributed by atoms with Crippen molar-refractivity contribution >= 4 is 22.5 Å². The molecule has 1 aliphatic rings. The number of amides is 1. The number of halogens is 4. The number of aromatic nitrogens is 3. The van der Waals surface area contributed by atoms with Crippen molar-refractivity contribution in [3.05, 3.63) is 53.2 Å². The van der Waals surface area contributed by atoms with Gasteiger partial charge in [0.1, 0.15) is 22.7 Å². The van der Waals surface area contributed by atoms with Crippen LogP contribution in [-0.2, 0) is 13.0 Å². The first kappa shape index (κ1) is 17.4. The first-order chi connectivity index (χ1) is 13.0. The van der Waals surface area contributed by atoms with Crippen LogP contribution in [0, 0.1) is 11.6 Å². The van der Waals surface area contributed by atoms with Gasteiger partial charge in [-0.05, 0) is 31.0 Å². The predicted molar refractivity (Wildman–Crippen MR) is 89.7 cm³/mol. The van der Waals surface area contributed by atoms with E-state index >= 15 is 0 Å². The quantitative estimate of drug-likeness (QED) is 0.694. The fraction of sp³-hybridized carbons (Fsp3) is 0.278. The summed E-state index contributed by atoms with van der Waals surface area (Å²) in [7, 11) is 0. The fourth-order valence-corrected chi connectivity index (χ4v) is 3.30. The highest BCUT2D eigenvalue weighted by Gasteiger charge is 2.29. The molecule has 1 amide bonds. The lowest BCUT2D eigenvalue weighted by molar-refractivity contribution is 0.0995. The van der Waals surface area contributed by atoms with Gasteiger partial charge in [0.05, 0.1) is 11.9 Å². The van der Waals surface area contributed by atoms with Gasteiger partial charge in [0.2, 0.25) is 0 Å². The number of rotatable bonds is 3. The van der Waals surface area contributed by atoms with Crippen molar-refractivity contribution in [1.29, 1.82) is 0 Å². The van der Waals surface area contributed by atoms with Gasteiger partial charge in [-0.3, -0.25) is 9.78 Å². The predicted octanol–water partition coefficient (Wildman–Crippen LogP) is 4.24. The van der Waals surface area contributed by atoms with Gasteiger partial charge in [0.25, 0.3) is 12.3 Å². The molecule has 27 heavy (non-hydrogen) atoms. The fourth-order valence-electron chi connectivity index (χ4n) is 3.30. The van der Waals surface area contributed by atoms with Crippen LogP contribution in [0.5, 0.6) is 0 Å². The number of benzene rings is 1. The summed E-state index contributed by atoms with van der Waals surface area (Å²) >= 11 is 0. The Bertz CT molecular complexity index is 1050. The molecule has 0 fully saturated rings. The van der Waals surface area contributed by atoms with Gasteiger partial charge >= 0.3 is 0 Å². The van der Waals surface area contributed by atoms with Crippen molar-refractivity contribution in [1.82, 2.24) is 14.5 Å². The molecule has 9 heteroatoms. The van der Waals surface area contributed by atoms with Crippen molar-refractivity contribution in [2.45, 2.75) is 32.2 Å². The summed E-state index contributed by atoms with van der Waals surface area (Å²) in [4.78, 5) is 20.4. The number of carbonyl (C=O) groups excluding carboxylic acids is 1. The van der Waals surface area contributed by atoms with E-state index in [0.29, 0.717) is 18.8 Å². The molecule has 0 spiro atoms. The summed E-state index contributed by atoms with van der Waals surface area (Å²) in [5.74, 6) is -2.39. The summed E-state index contributed by atoms with van der Waals surface area (Å²) in [6.45, 7) is 0.443. The second kappa shape index (κ2) is 6.64. The molecule has 140 valence electrons. The molecule has 5 nitrogen and oxygen atoms in total. The minimum Gasteiger partial charge on any atom is -0.324 e. The molecule has 0 saturated carbocycles. The van der Waals surface area contributed by atoms with Crippen LogP contribution < -0.4 is 5.32 Å². The molecule has 3 heterocycles. The van der Waals surface area contributed by atoms with Gasteiger partial charge in [0, 0.05) is 18.4 Å². The standard InChI is InChI=1S/C18H14F4N4O/c19-11-5-4-9-7-10(8-23-14(9)13(11)20)24-18(27)16-15(17(21)22)25-12-3-1-2-6-26(12)16/h4-5,7-8,17H,1-3,6H2,(H,24,27). The van der Waals surface area contributed by atoms with Crippen LogP contribution >= 0.6 is 0 Å². The first-order valence-corrected chi connectivity index (χ1v) is 8.38. The number of nitrogens with zero attached hydrogens (tertiary/aromatic N) is 3. The highest BCUT2D eigenvalue weighted by atomic mass is 19.3. The Morgan fingerprint density at radius 2 is 2.04 bits per heavy atom. The molecule has 0 aliphatic carbocycles. The molecule has 4 rings (SSSR count). The number of fused-ring (bicyclic) bond motifs is 2. The van der Waals surface area contributed by atoms with Crippen molar-refractivity contribution in [2.75, 3.05) is 5.32 Å². The van der Waals surface area contributed by atoms with Crippen LogP contribution in [0.25, 0.3) is 10.9 Å². The Morgan fingerprint density at radius 3 is 2.81 bits per heavy atom. The lowest BCUT2D eigenvalue weighted by Gasteiger charge is -2.16. The van der Waals surface area contributed by atoms with Gasteiger partial charge in [0.15, 0.2) is 11.6 Å². The number of nitrogens with one attached hydrogen (secondary N) is 1. The van der Waals surface area contributed by atoms with E-state index in [0.717, 1.165) is 25.1 Å². The van der Waals surface area contributed by atoms with Crippen LogP contribution in [0.2, 0.25) is 0 Å². The Morgan fingerprint density at radius 1 is 1.22 bits per heavy atom. The number of alkyl halides is 2. The maximum absolute atomic E-state index is 13.7. The van der Waals surface area contributed by atoms with Gasteiger partial charge in [-0.2, -0.15) is 0 Å². The lowest BCUT2D eigenvalue weighted by atomic mass is 10.1. The molecule has 0 atom stereocenters. The molecule has 1 N–H and O–H groups in total. The van der Waals surface area contributed by atoms with Gasteiger partial charge in [-0.1, -0.05) is 0 Å². The SMILES string of the molecule is O=C(Nc1cnc2c(F)c(F)ccc2c1)c1c(C(F)F)nc2n1CCCC2.